The minimum atomic E-state index is -0.371. The summed E-state index contributed by atoms with van der Waals surface area (Å²) in [6.45, 7) is 2.01. The molecule has 0 aliphatic rings. The largest absolute Gasteiger partial charge is 0.465 e. The molecule has 4 nitrogen and oxygen atoms in total. The van der Waals surface area contributed by atoms with E-state index in [1.54, 1.807) is 0 Å². The minimum absolute atomic E-state index is 0.371. The number of aryl methyl sites for hydroxylation is 1. The molecule has 0 saturated heterocycles. The van der Waals surface area contributed by atoms with Gasteiger partial charge in [-0.25, -0.2) is 9.78 Å². The van der Waals surface area contributed by atoms with Crippen LogP contribution in [0.4, 0.5) is 10.8 Å². The zero-order valence-electron chi connectivity index (χ0n) is 9.86. The molecule has 0 fully saturated rings. The zero-order valence-corrected chi connectivity index (χ0v) is 12.3. The number of rotatable bonds is 3. The number of thiazole rings is 1. The molecule has 0 saturated carbocycles. The van der Waals surface area contributed by atoms with E-state index in [9.17, 15) is 4.79 Å². The lowest BCUT2D eigenvalue weighted by molar-refractivity contribution is 0.0606. The molecular weight excluding hydrogens is 316 g/mol. The molecule has 1 N–H and O–H groups in total. The van der Waals surface area contributed by atoms with E-state index in [2.05, 4.69) is 31.0 Å². The lowest BCUT2D eigenvalue weighted by Crippen LogP contribution is -1.96. The molecule has 0 amide bonds. The zero-order chi connectivity index (χ0) is 13.1. The molecule has 2 aromatic rings. The van der Waals surface area contributed by atoms with Gasteiger partial charge in [0.15, 0.2) is 5.13 Å². The number of methoxy groups -OCH3 is 1. The van der Waals surface area contributed by atoms with Gasteiger partial charge in [0.2, 0.25) is 0 Å². The third-order valence-corrected chi connectivity index (χ3v) is 4.27. The Hall–Kier alpha value is -1.40. The van der Waals surface area contributed by atoms with E-state index in [-0.39, 0.29) is 5.97 Å². The summed E-state index contributed by atoms with van der Waals surface area (Å²) in [5.74, 6) is -0.371. The number of anilines is 2. The van der Waals surface area contributed by atoms with Crippen molar-refractivity contribution in [2.24, 2.45) is 0 Å². The Kier molecular flexibility index (Phi) is 3.98. The molecule has 0 bridgehead atoms. The maximum atomic E-state index is 11.3. The third kappa shape index (κ3) is 2.70. The van der Waals surface area contributed by atoms with Crippen LogP contribution in [0.1, 0.15) is 15.2 Å². The molecule has 94 valence electrons. The number of nitrogens with zero attached hydrogens (tertiary/aromatic N) is 1. The predicted molar refractivity (Wildman–Crippen MR) is 75.6 cm³/mol. The van der Waals surface area contributed by atoms with Gasteiger partial charge in [0.05, 0.1) is 19.0 Å². The summed E-state index contributed by atoms with van der Waals surface area (Å²) in [4.78, 5) is 15.9. The van der Waals surface area contributed by atoms with Crippen LogP contribution >= 0.6 is 27.3 Å². The molecule has 0 radical (unpaired) electrons. The van der Waals surface area contributed by atoms with Crippen molar-refractivity contribution in [3.05, 3.63) is 39.3 Å². The molecule has 1 aromatic carbocycles. The van der Waals surface area contributed by atoms with Crippen molar-refractivity contribution in [1.82, 2.24) is 4.98 Å². The van der Waals surface area contributed by atoms with Gasteiger partial charge in [-0.1, -0.05) is 23.5 Å². The van der Waals surface area contributed by atoms with Crippen LogP contribution in [0.15, 0.2) is 28.9 Å². The summed E-state index contributed by atoms with van der Waals surface area (Å²) >= 11 is 4.77. The van der Waals surface area contributed by atoms with Gasteiger partial charge in [-0.2, -0.15) is 0 Å². The fourth-order valence-corrected chi connectivity index (χ4v) is 2.50. The van der Waals surface area contributed by atoms with Crippen molar-refractivity contribution in [2.45, 2.75) is 6.92 Å². The maximum absolute atomic E-state index is 11.3. The maximum Gasteiger partial charge on any atom is 0.349 e. The van der Waals surface area contributed by atoms with Crippen molar-refractivity contribution < 1.29 is 9.53 Å². The van der Waals surface area contributed by atoms with Gasteiger partial charge < -0.3 is 10.1 Å². The number of ether oxygens (including phenoxy) is 1. The van der Waals surface area contributed by atoms with Gasteiger partial charge in [0.25, 0.3) is 0 Å². The van der Waals surface area contributed by atoms with E-state index < -0.39 is 0 Å². The lowest BCUT2D eigenvalue weighted by atomic mass is 10.2. The first-order valence-corrected chi connectivity index (χ1v) is 6.79. The second kappa shape index (κ2) is 5.49. The Bertz CT molecular complexity index is 583. The highest BCUT2D eigenvalue weighted by molar-refractivity contribution is 9.10. The Morgan fingerprint density at radius 2 is 2.28 bits per heavy atom. The number of hydrogen-bond donors (Lipinski definition) is 1. The molecule has 0 spiro atoms. The van der Waals surface area contributed by atoms with E-state index in [1.165, 1.54) is 24.6 Å². The minimum Gasteiger partial charge on any atom is -0.465 e. The van der Waals surface area contributed by atoms with Crippen molar-refractivity contribution >= 4 is 44.1 Å². The number of aromatic nitrogens is 1. The van der Waals surface area contributed by atoms with Gasteiger partial charge in [-0.15, -0.1) is 0 Å². The third-order valence-electron chi connectivity index (χ3n) is 2.33. The van der Waals surface area contributed by atoms with Gasteiger partial charge >= 0.3 is 5.97 Å². The molecule has 18 heavy (non-hydrogen) atoms. The Balaban J connectivity index is 2.21. The first kappa shape index (κ1) is 13.0. The van der Waals surface area contributed by atoms with Gasteiger partial charge in [0, 0.05) is 4.47 Å². The summed E-state index contributed by atoms with van der Waals surface area (Å²) in [6, 6.07) is 5.91. The summed E-state index contributed by atoms with van der Waals surface area (Å²) in [7, 11) is 1.35. The summed E-state index contributed by atoms with van der Waals surface area (Å²) in [5.41, 5.74) is 2.05. The summed E-state index contributed by atoms with van der Waals surface area (Å²) in [5, 5.41) is 3.82. The van der Waals surface area contributed by atoms with Gasteiger partial charge in [-0.3, -0.25) is 0 Å². The molecule has 0 aliphatic heterocycles. The average molecular weight is 327 g/mol. The van der Waals surface area contributed by atoms with Crippen LogP contribution in [0.25, 0.3) is 0 Å². The van der Waals surface area contributed by atoms with E-state index >= 15 is 0 Å². The first-order valence-electron chi connectivity index (χ1n) is 5.18. The number of esters is 1. The Morgan fingerprint density at radius 3 is 3.00 bits per heavy atom. The quantitative estimate of drug-likeness (QED) is 0.873. The van der Waals surface area contributed by atoms with E-state index in [4.69, 9.17) is 0 Å². The molecule has 2 rings (SSSR count). The Labute approximate surface area is 117 Å². The first-order chi connectivity index (χ1) is 8.61. The van der Waals surface area contributed by atoms with Crippen LogP contribution in [-0.4, -0.2) is 18.1 Å². The molecule has 6 heteroatoms. The van der Waals surface area contributed by atoms with Crippen molar-refractivity contribution in [3.63, 3.8) is 0 Å². The highest BCUT2D eigenvalue weighted by Crippen LogP contribution is 2.30. The standard InChI is InChI=1S/C12H11BrN2O2S/c1-7-4-3-5-8(10(7)13)15-12-14-6-9(18-12)11(16)17-2/h3-6H,1-2H3,(H,14,15). The second-order valence-electron chi connectivity index (χ2n) is 3.58. The number of carbonyl (C=O) groups excluding carboxylic acids is 1. The van der Waals surface area contributed by atoms with E-state index in [0.29, 0.717) is 10.0 Å². The normalized spacial score (nSPS) is 10.2. The smallest absolute Gasteiger partial charge is 0.349 e. The summed E-state index contributed by atoms with van der Waals surface area (Å²) < 4.78 is 5.62. The van der Waals surface area contributed by atoms with Crippen LogP contribution in [0, 0.1) is 6.92 Å². The average Bonchev–Trinajstić information content (AvgIpc) is 2.82. The van der Waals surface area contributed by atoms with E-state index in [0.717, 1.165) is 15.7 Å². The molecule has 1 heterocycles. The van der Waals surface area contributed by atoms with Crippen LogP contribution in [0.5, 0.6) is 0 Å². The second-order valence-corrected chi connectivity index (χ2v) is 5.41. The van der Waals surface area contributed by atoms with Crippen LogP contribution in [0.3, 0.4) is 0 Å². The van der Waals surface area contributed by atoms with Crippen molar-refractivity contribution in [3.8, 4) is 0 Å². The number of carbonyl (C=O) groups is 1. The lowest BCUT2D eigenvalue weighted by Gasteiger charge is -2.07. The molecule has 1 aromatic heterocycles. The Morgan fingerprint density at radius 1 is 1.50 bits per heavy atom. The fraction of sp³-hybridized carbons (Fsp3) is 0.167. The number of hydrogen-bond acceptors (Lipinski definition) is 5. The SMILES string of the molecule is COC(=O)c1cnc(Nc2cccc(C)c2Br)s1. The predicted octanol–water partition coefficient (Wildman–Crippen LogP) is 3.74. The molecular formula is C12H11BrN2O2S. The highest BCUT2D eigenvalue weighted by Gasteiger charge is 2.11. The highest BCUT2D eigenvalue weighted by atomic mass is 79.9. The number of halogens is 1. The topological polar surface area (TPSA) is 51.2 Å². The van der Waals surface area contributed by atoms with Crippen LogP contribution in [-0.2, 0) is 4.74 Å². The number of nitrogens with one attached hydrogen (secondary N) is 1. The monoisotopic (exact) mass is 326 g/mol. The summed E-state index contributed by atoms with van der Waals surface area (Å²) in [6.07, 6.45) is 1.50. The van der Waals surface area contributed by atoms with Crippen molar-refractivity contribution in [2.75, 3.05) is 12.4 Å². The fourth-order valence-electron chi connectivity index (χ4n) is 1.39. The van der Waals surface area contributed by atoms with Crippen LogP contribution in [0.2, 0.25) is 0 Å². The molecule has 0 atom stereocenters. The molecule has 0 unspecified atom stereocenters. The molecule has 0 aliphatic carbocycles. The van der Waals surface area contributed by atoms with Gasteiger partial charge in [0.1, 0.15) is 4.88 Å². The van der Waals surface area contributed by atoms with Gasteiger partial charge in [-0.05, 0) is 34.5 Å². The van der Waals surface area contributed by atoms with E-state index in [1.807, 2.05) is 25.1 Å². The van der Waals surface area contributed by atoms with Crippen molar-refractivity contribution in [1.29, 1.82) is 0 Å². The van der Waals surface area contributed by atoms with Crippen LogP contribution < -0.4 is 5.32 Å². The number of benzene rings is 1.